The molecule has 0 saturated carbocycles. The average molecular weight is 492 g/mol. The van der Waals surface area contributed by atoms with Crippen molar-refractivity contribution in [1.82, 2.24) is 0 Å². The van der Waals surface area contributed by atoms with Crippen molar-refractivity contribution in [3.05, 3.63) is 70.5 Å². The van der Waals surface area contributed by atoms with Crippen LogP contribution >= 0.6 is 0 Å². The molecule has 0 spiro atoms. The third-order valence-corrected chi connectivity index (χ3v) is 5.86. The summed E-state index contributed by atoms with van der Waals surface area (Å²) in [6.07, 6.45) is -4.19. The van der Waals surface area contributed by atoms with E-state index in [1.807, 2.05) is 12.2 Å². The number of halogens is 6. The number of hydrogen-bond acceptors (Lipinski definition) is 4. The first-order valence-electron chi connectivity index (χ1n) is 10.9. The van der Waals surface area contributed by atoms with Gasteiger partial charge < -0.3 is 19.7 Å². The van der Waals surface area contributed by atoms with E-state index in [0.717, 1.165) is 12.8 Å². The summed E-state index contributed by atoms with van der Waals surface area (Å²) in [5.41, 5.74) is -2.18. The molecule has 0 saturated heterocycles. The van der Waals surface area contributed by atoms with Crippen LogP contribution in [0.5, 0.6) is 0 Å². The van der Waals surface area contributed by atoms with Gasteiger partial charge in [0.1, 0.15) is 0 Å². The van der Waals surface area contributed by atoms with Crippen molar-refractivity contribution in [3.63, 3.8) is 0 Å². The highest BCUT2D eigenvalue weighted by Gasteiger charge is 2.38. The predicted molar refractivity (Wildman–Crippen MR) is 111 cm³/mol. The van der Waals surface area contributed by atoms with E-state index < -0.39 is 42.0 Å². The maximum Gasteiger partial charge on any atom is 0.416 e. The minimum atomic E-state index is -4.97. The summed E-state index contributed by atoms with van der Waals surface area (Å²) < 4.78 is 91.1. The van der Waals surface area contributed by atoms with Gasteiger partial charge in [-0.3, -0.25) is 0 Å². The fourth-order valence-electron chi connectivity index (χ4n) is 4.11. The minimum absolute atomic E-state index is 0.0461. The second kappa shape index (κ2) is 10.5. The number of allylic oxidation sites excluding steroid dienone is 2. The predicted octanol–water partition coefficient (Wildman–Crippen LogP) is 6.07. The molecule has 1 aromatic rings. The van der Waals surface area contributed by atoms with Crippen molar-refractivity contribution in [3.8, 4) is 0 Å². The molecular formula is C24H26F6O4. The normalized spacial score (nSPS) is 23.1. The summed E-state index contributed by atoms with van der Waals surface area (Å²) >= 11 is 0. The topological polar surface area (TPSA) is 58.9 Å². The zero-order valence-corrected chi connectivity index (χ0v) is 18.4. The largest absolute Gasteiger partial charge is 0.468 e. The van der Waals surface area contributed by atoms with Crippen LogP contribution in [0.25, 0.3) is 0 Å². The van der Waals surface area contributed by atoms with Gasteiger partial charge in [-0.05, 0) is 61.6 Å². The van der Waals surface area contributed by atoms with E-state index in [1.54, 1.807) is 0 Å². The van der Waals surface area contributed by atoms with Crippen molar-refractivity contribution >= 4 is 0 Å². The molecule has 2 N–H and O–H groups in total. The van der Waals surface area contributed by atoms with E-state index in [1.165, 1.54) is 19.3 Å². The van der Waals surface area contributed by atoms with Gasteiger partial charge in [0, 0.05) is 24.5 Å². The first-order valence-corrected chi connectivity index (χ1v) is 10.9. The molecule has 2 aliphatic rings. The third-order valence-electron chi connectivity index (χ3n) is 5.86. The Morgan fingerprint density at radius 2 is 1.74 bits per heavy atom. The van der Waals surface area contributed by atoms with Gasteiger partial charge in [0.2, 0.25) is 6.29 Å². The quantitative estimate of drug-likeness (QED) is 0.359. The van der Waals surface area contributed by atoms with Crippen LogP contribution in [0.15, 0.2) is 53.8 Å². The SMILES string of the molecule is C[C@@H](O[C@H]1OC=CC([C@@H](O)CCO)=C1C1C=CCCC1)c1cc(C(F)(F)F)cc(C(F)(F)F)c1. The second-order valence-electron chi connectivity index (χ2n) is 8.29. The molecule has 1 aliphatic carbocycles. The van der Waals surface area contributed by atoms with Crippen molar-refractivity contribution in [2.24, 2.45) is 5.92 Å². The molecule has 188 valence electrons. The number of rotatable bonds is 7. The lowest BCUT2D eigenvalue weighted by Gasteiger charge is -2.34. The summed E-state index contributed by atoms with van der Waals surface area (Å²) in [6, 6.07) is 1.32. The van der Waals surface area contributed by atoms with Crippen LogP contribution in [0.3, 0.4) is 0 Å². The van der Waals surface area contributed by atoms with Crippen LogP contribution < -0.4 is 0 Å². The van der Waals surface area contributed by atoms with Crippen molar-refractivity contribution < 1.29 is 46.0 Å². The van der Waals surface area contributed by atoms with Gasteiger partial charge in [0.15, 0.2) is 0 Å². The Labute approximate surface area is 193 Å². The van der Waals surface area contributed by atoms with E-state index in [9.17, 15) is 36.6 Å². The fourth-order valence-corrected chi connectivity index (χ4v) is 4.11. The smallest absolute Gasteiger partial charge is 0.416 e. The molecule has 1 aromatic carbocycles. The standard InChI is InChI=1S/C24H26F6O4/c1-14(16-11-17(23(25,26)27)13-18(12-16)24(28,29)30)34-22-21(15-5-3-2-4-6-15)19(8-10-33-22)20(32)7-9-31/h3,5,8,10-15,20,22,31-32H,2,4,6-7,9H2,1H3/t14-,15?,20+,22-/m1/s1. The molecule has 3 rings (SSSR count). The van der Waals surface area contributed by atoms with Crippen LogP contribution in [0.1, 0.15) is 55.4 Å². The van der Waals surface area contributed by atoms with E-state index in [0.29, 0.717) is 29.7 Å². The lowest BCUT2D eigenvalue weighted by atomic mass is 9.83. The minimum Gasteiger partial charge on any atom is -0.468 e. The lowest BCUT2D eigenvalue weighted by molar-refractivity contribution is -0.143. The van der Waals surface area contributed by atoms with Gasteiger partial charge in [-0.15, -0.1) is 0 Å². The first-order chi connectivity index (χ1) is 15.9. The van der Waals surface area contributed by atoms with Gasteiger partial charge in [-0.1, -0.05) is 12.2 Å². The molecule has 0 amide bonds. The molecule has 0 bridgehead atoms. The molecule has 10 heteroatoms. The van der Waals surface area contributed by atoms with E-state index >= 15 is 0 Å². The highest BCUT2D eigenvalue weighted by molar-refractivity contribution is 5.37. The van der Waals surface area contributed by atoms with Crippen molar-refractivity contribution in [1.29, 1.82) is 0 Å². The van der Waals surface area contributed by atoms with Crippen LogP contribution in [-0.4, -0.2) is 29.2 Å². The number of benzene rings is 1. The summed E-state index contributed by atoms with van der Waals surface area (Å²) in [6.45, 7) is 1.06. The highest BCUT2D eigenvalue weighted by Crippen LogP contribution is 2.40. The maximum atomic E-state index is 13.3. The molecule has 4 atom stereocenters. The zero-order valence-electron chi connectivity index (χ0n) is 18.4. The van der Waals surface area contributed by atoms with Gasteiger partial charge in [0.25, 0.3) is 0 Å². The van der Waals surface area contributed by atoms with Crippen LogP contribution in [0.4, 0.5) is 26.3 Å². The summed E-state index contributed by atoms with van der Waals surface area (Å²) in [5.74, 6) is -0.202. The number of hydrogen-bond donors (Lipinski definition) is 2. The fraction of sp³-hybridized carbons (Fsp3) is 0.500. The van der Waals surface area contributed by atoms with Gasteiger partial charge in [-0.2, -0.15) is 26.3 Å². The molecular weight excluding hydrogens is 466 g/mol. The van der Waals surface area contributed by atoms with Gasteiger partial charge >= 0.3 is 12.4 Å². The Morgan fingerprint density at radius 3 is 2.26 bits per heavy atom. The molecule has 1 aliphatic heterocycles. The number of alkyl halides is 6. The first kappa shape index (κ1) is 26.3. The van der Waals surface area contributed by atoms with Gasteiger partial charge in [0.05, 0.1) is 29.6 Å². The Bertz CT molecular complexity index is 916. The molecule has 0 aromatic heterocycles. The Kier molecular flexibility index (Phi) is 8.15. The van der Waals surface area contributed by atoms with E-state index in [4.69, 9.17) is 9.47 Å². The molecule has 34 heavy (non-hydrogen) atoms. The Balaban J connectivity index is 1.97. The highest BCUT2D eigenvalue weighted by atomic mass is 19.4. The monoisotopic (exact) mass is 492 g/mol. The number of aliphatic hydroxyl groups is 2. The molecule has 0 radical (unpaired) electrons. The Hall–Kier alpha value is -2.30. The third kappa shape index (κ3) is 6.22. The van der Waals surface area contributed by atoms with Crippen LogP contribution in [0, 0.1) is 5.92 Å². The number of aliphatic hydroxyl groups excluding tert-OH is 2. The molecule has 4 nitrogen and oxygen atoms in total. The summed E-state index contributed by atoms with van der Waals surface area (Å²) in [4.78, 5) is 0. The second-order valence-corrected chi connectivity index (χ2v) is 8.29. The molecule has 1 heterocycles. The van der Waals surface area contributed by atoms with Crippen molar-refractivity contribution in [2.45, 2.75) is 63.5 Å². The lowest BCUT2D eigenvalue weighted by Crippen LogP contribution is -2.31. The van der Waals surface area contributed by atoms with Crippen molar-refractivity contribution in [2.75, 3.05) is 6.61 Å². The van der Waals surface area contributed by atoms with Gasteiger partial charge in [-0.25, -0.2) is 0 Å². The van der Waals surface area contributed by atoms with E-state index in [2.05, 4.69) is 0 Å². The summed E-state index contributed by atoms with van der Waals surface area (Å²) in [7, 11) is 0. The Morgan fingerprint density at radius 1 is 1.09 bits per heavy atom. The van der Waals surface area contributed by atoms with Crippen LogP contribution in [-0.2, 0) is 21.8 Å². The zero-order chi connectivity index (χ0) is 25.1. The molecule has 1 unspecified atom stereocenters. The summed E-state index contributed by atoms with van der Waals surface area (Å²) in [5, 5.41) is 19.8. The average Bonchev–Trinajstić information content (AvgIpc) is 2.78. The molecule has 0 fully saturated rings. The number of ether oxygens (including phenoxy) is 2. The van der Waals surface area contributed by atoms with E-state index in [-0.39, 0.29) is 30.6 Å². The maximum absolute atomic E-state index is 13.3. The van der Waals surface area contributed by atoms with Crippen LogP contribution in [0.2, 0.25) is 0 Å².